The normalized spacial score (nSPS) is 39.6. The molecule has 0 spiro atoms. The minimum Gasteiger partial charge on any atom is -0.293 e. The second-order valence-electron chi connectivity index (χ2n) is 8.52. The molecule has 1 heterocycles. The molecule has 1 aromatic carbocycles. The zero-order valence-corrected chi connectivity index (χ0v) is 14.8. The summed E-state index contributed by atoms with van der Waals surface area (Å²) in [4.78, 5) is 15.5. The number of carbonyl (C=O) groups excluding carboxylic acids is 1. The molecular formula is C22H26FNO. The molecule has 0 aromatic heterocycles. The molecule has 6 rings (SSSR count). The van der Waals surface area contributed by atoms with E-state index in [2.05, 4.69) is 24.0 Å². The molecule has 132 valence electrons. The van der Waals surface area contributed by atoms with Crippen molar-refractivity contribution in [2.45, 2.75) is 32.2 Å². The first-order chi connectivity index (χ1) is 12.2. The molecule has 3 fully saturated rings. The Morgan fingerprint density at radius 3 is 2.08 bits per heavy atom. The highest BCUT2D eigenvalue weighted by Crippen LogP contribution is 2.61. The quantitative estimate of drug-likeness (QED) is 0.606. The Kier molecular flexibility index (Phi) is 3.63. The van der Waals surface area contributed by atoms with E-state index < -0.39 is 0 Å². The number of benzene rings is 1. The third-order valence-corrected chi connectivity index (χ3v) is 7.62. The maximum absolute atomic E-state index is 13.2. The van der Waals surface area contributed by atoms with Crippen LogP contribution in [0.3, 0.4) is 0 Å². The van der Waals surface area contributed by atoms with Gasteiger partial charge in [0.2, 0.25) is 0 Å². The molecule has 5 aliphatic rings. The van der Waals surface area contributed by atoms with E-state index in [-0.39, 0.29) is 17.6 Å². The second kappa shape index (κ2) is 5.77. The molecule has 2 bridgehead atoms. The number of carbonyl (C=O) groups is 1. The fourth-order valence-electron chi connectivity index (χ4n) is 6.34. The first-order valence-corrected chi connectivity index (χ1v) is 9.89. The minimum absolute atomic E-state index is 0.0619. The van der Waals surface area contributed by atoms with Crippen molar-refractivity contribution in [3.63, 3.8) is 0 Å². The molecule has 1 aromatic rings. The first kappa shape index (κ1) is 15.7. The molecule has 0 amide bonds. The maximum atomic E-state index is 13.2. The number of ketones is 1. The van der Waals surface area contributed by atoms with E-state index in [0.717, 1.165) is 55.0 Å². The molecule has 2 saturated carbocycles. The fourth-order valence-corrected chi connectivity index (χ4v) is 6.34. The van der Waals surface area contributed by atoms with Crippen LogP contribution in [0.2, 0.25) is 0 Å². The van der Waals surface area contributed by atoms with Crippen molar-refractivity contribution in [1.29, 1.82) is 0 Å². The van der Waals surface area contributed by atoms with Crippen LogP contribution < -0.4 is 0 Å². The molecule has 0 radical (unpaired) electrons. The number of rotatable bonds is 4. The van der Waals surface area contributed by atoms with Gasteiger partial charge in [0.1, 0.15) is 5.82 Å². The average Bonchev–Trinajstić information content (AvgIpc) is 3.02. The van der Waals surface area contributed by atoms with E-state index in [1.165, 1.54) is 25.0 Å². The summed E-state index contributed by atoms with van der Waals surface area (Å²) in [6.07, 6.45) is 8.64. The molecule has 0 N–H and O–H groups in total. The van der Waals surface area contributed by atoms with E-state index in [4.69, 9.17) is 0 Å². The second-order valence-corrected chi connectivity index (χ2v) is 8.52. The summed E-state index contributed by atoms with van der Waals surface area (Å²) in [5.41, 5.74) is 0.643. The van der Waals surface area contributed by atoms with Gasteiger partial charge in [-0.2, -0.15) is 0 Å². The molecule has 3 heteroatoms. The van der Waals surface area contributed by atoms with Gasteiger partial charge in [0.05, 0.1) is 6.04 Å². The zero-order valence-electron chi connectivity index (χ0n) is 14.8. The van der Waals surface area contributed by atoms with E-state index in [1.54, 1.807) is 12.1 Å². The van der Waals surface area contributed by atoms with Gasteiger partial charge in [0.25, 0.3) is 0 Å². The maximum Gasteiger partial charge on any atom is 0.179 e. The average molecular weight is 339 g/mol. The molecule has 4 aliphatic carbocycles. The summed E-state index contributed by atoms with van der Waals surface area (Å²) in [5, 5.41) is 0. The van der Waals surface area contributed by atoms with E-state index in [9.17, 15) is 9.18 Å². The van der Waals surface area contributed by atoms with Gasteiger partial charge in [-0.3, -0.25) is 9.69 Å². The molecule has 1 aliphatic heterocycles. The Labute approximate surface area is 149 Å². The fraction of sp³-hybridized carbons (Fsp3) is 0.591. The van der Waals surface area contributed by atoms with Gasteiger partial charge in [-0.1, -0.05) is 19.1 Å². The monoisotopic (exact) mass is 339 g/mol. The standard InChI is InChI=1S/C22H26FNO/c1-2-21(22(25)13-3-5-14(23)6-4-13)24-11-19-17-9-10-18(20(19)12-24)16-8-7-15(16)17/h3-6,9-10,15-21H,2,7-8,11-12H2,1H3. The highest BCUT2D eigenvalue weighted by atomic mass is 19.1. The summed E-state index contributed by atoms with van der Waals surface area (Å²) < 4.78 is 13.2. The molecule has 7 atom stereocenters. The minimum atomic E-state index is -0.282. The van der Waals surface area contributed by atoms with Crippen LogP contribution in [-0.4, -0.2) is 29.8 Å². The zero-order chi connectivity index (χ0) is 17.1. The Balaban J connectivity index is 1.37. The summed E-state index contributed by atoms with van der Waals surface area (Å²) >= 11 is 0. The number of hydrogen-bond donors (Lipinski definition) is 0. The Hall–Kier alpha value is -1.48. The van der Waals surface area contributed by atoms with Gasteiger partial charge in [-0.05, 0) is 79.0 Å². The smallest absolute Gasteiger partial charge is 0.179 e. The van der Waals surface area contributed by atoms with Crippen LogP contribution in [0.1, 0.15) is 36.5 Å². The summed E-state index contributed by atoms with van der Waals surface area (Å²) in [7, 11) is 0. The Bertz CT molecular complexity index is 683. The van der Waals surface area contributed by atoms with Crippen molar-refractivity contribution in [2.24, 2.45) is 35.5 Å². The predicted molar refractivity (Wildman–Crippen MR) is 95.7 cm³/mol. The van der Waals surface area contributed by atoms with Gasteiger partial charge in [0, 0.05) is 18.7 Å². The number of hydrogen-bond acceptors (Lipinski definition) is 2. The molecule has 25 heavy (non-hydrogen) atoms. The largest absolute Gasteiger partial charge is 0.293 e. The van der Waals surface area contributed by atoms with Gasteiger partial charge < -0.3 is 0 Å². The van der Waals surface area contributed by atoms with Crippen molar-refractivity contribution in [2.75, 3.05) is 13.1 Å². The summed E-state index contributed by atoms with van der Waals surface area (Å²) in [6, 6.07) is 5.99. The summed E-state index contributed by atoms with van der Waals surface area (Å²) in [6.45, 7) is 4.22. The van der Waals surface area contributed by atoms with Gasteiger partial charge in [0.15, 0.2) is 5.78 Å². The lowest BCUT2D eigenvalue weighted by Crippen LogP contribution is -2.52. The van der Waals surface area contributed by atoms with Crippen molar-refractivity contribution < 1.29 is 9.18 Å². The van der Waals surface area contributed by atoms with Crippen molar-refractivity contribution in [1.82, 2.24) is 4.90 Å². The third kappa shape index (κ3) is 2.28. The predicted octanol–water partition coefficient (Wildman–Crippen LogP) is 4.18. The summed E-state index contributed by atoms with van der Waals surface area (Å²) in [5.74, 6) is 4.69. The molecule has 2 nitrogen and oxygen atoms in total. The number of halogens is 1. The van der Waals surface area contributed by atoms with Crippen LogP contribution in [0.15, 0.2) is 36.4 Å². The van der Waals surface area contributed by atoms with Crippen LogP contribution in [0.5, 0.6) is 0 Å². The number of nitrogens with zero attached hydrogens (tertiary/aromatic N) is 1. The van der Waals surface area contributed by atoms with Gasteiger partial charge >= 0.3 is 0 Å². The van der Waals surface area contributed by atoms with Gasteiger partial charge in [-0.15, -0.1) is 0 Å². The number of allylic oxidation sites excluding steroid dienone is 2. The van der Waals surface area contributed by atoms with Crippen LogP contribution in [0.4, 0.5) is 4.39 Å². The molecule has 1 saturated heterocycles. The third-order valence-electron chi connectivity index (χ3n) is 7.62. The lowest BCUT2D eigenvalue weighted by atomic mass is 9.47. The van der Waals surface area contributed by atoms with E-state index in [1.807, 2.05) is 0 Å². The van der Waals surface area contributed by atoms with Crippen LogP contribution in [0, 0.1) is 41.3 Å². The SMILES string of the molecule is CCC(C(=O)c1ccc(F)cc1)N1CC2C3C=CC(C4CCC34)C2C1. The van der Waals surface area contributed by atoms with E-state index in [0.29, 0.717) is 5.56 Å². The highest BCUT2D eigenvalue weighted by molar-refractivity contribution is 6.00. The van der Waals surface area contributed by atoms with Crippen molar-refractivity contribution in [3.8, 4) is 0 Å². The lowest BCUT2D eigenvalue weighted by Gasteiger charge is -2.57. The van der Waals surface area contributed by atoms with Gasteiger partial charge in [-0.25, -0.2) is 4.39 Å². The van der Waals surface area contributed by atoms with Crippen LogP contribution >= 0.6 is 0 Å². The van der Waals surface area contributed by atoms with E-state index >= 15 is 0 Å². The Morgan fingerprint density at radius 2 is 1.60 bits per heavy atom. The number of Topliss-reactive ketones (excluding diaryl/α,β-unsaturated/α-hetero) is 1. The first-order valence-electron chi connectivity index (χ1n) is 9.89. The Morgan fingerprint density at radius 1 is 1.04 bits per heavy atom. The lowest BCUT2D eigenvalue weighted by molar-refractivity contribution is -0.0355. The molecule has 7 unspecified atom stereocenters. The highest BCUT2D eigenvalue weighted by Gasteiger charge is 2.57. The number of likely N-dealkylation sites (tertiary alicyclic amines) is 1. The molecular weight excluding hydrogens is 313 g/mol. The van der Waals surface area contributed by atoms with Crippen LogP contribution in [-0.2, 0) is 0 Å². The van der Waals surface area contributed by atoms with Crippen molar-refractivity contribution in [3.05, 3.63) is 47.8 Å². The van der Waals surface area contributed by atoms with Crippen LogP contribution in [0.25, 0.3) is 0 Å². The topological polar surface area (TPSA) is 20.3 Å². The van der Waals surface area contributed by atoms with Crippen molar-refractivity contribution >= 4 is 5.78 Å².